The summed E-state index contributed by atoms with van der Waals surface area (Å²) in [6, 6.07) is 13.3. The number of ether oxygens (including phenoxy) is 2. The van der Waals surface area contributed by atoms with Crippen molar-refractivity contribution in [1.82, 2.24) is 0 Å². The maximum absolute atomic E-state index is 10.7. The summed E-state index contributed by atoms with van der Waals surface area (Å²) in [4.78, 5) is 10.7. The molecule has 1 aliphatic heterocycles. The van der Waals surface area contributed by atoms with Crippen molar-refractivity contribution in [3.05, 3.63) is 69.1 Å². The maximum Gasteiger partial charge on any atom is 0.119 e. The molecule has 8 heteroatoms. The second-order valence-corrected chi connectivity index (χ2v) is 9.92. The quantitative estimate of drug-likeness (QED) is 0.532. The predicted molar refractivity (Wildman–Crippen MR) is 122 cm³/mol. The Morgan fingerprint density at radius 3 is 2.39 bits per heavy atom. The Hall–Kier alpha value is -2.03. The van der Waals surface area contributed by atoms with Gasteiger partial charge in [0.15, 0.2) is 0 Å². The van der Waals surface area contributed by atoms with E-state index in [0.29, 0.717) is 23.1 Å². The third-order valence-electron chi connectivity index (χ3n) is 7.19. The average Bonchev–Trinajstić information content (AvgIpc) is 3.42. The fourth-order valence-corrected chi connectivity index (χ4v) is 5.40. The number of halogens is 1. The fourth-order valence-electron chi connectivity index (χ4n) is 5.21. The molecule has 3 fully saturated rings. The first kappa shape index (κ1) is 22.7. The molecule has 7 nitrogen and oxygen atoms in total. The summed E-state index contributed by atoms with van der Waals surface area (Å²) < 4.78 is 11.8. The van der Waals surface area contributed by atoms with E-state index in [1.165, 1.54) is 19.3 Å². The third kappa shape index (κ3) is 4.79. The standard InChI is InChI=1S/C25H28ClNO6/c26-20-6-3-14(25-24(30)23(29)22(28)21(33-25)12-27-31)8-17(20)7-13-1-4-18(5-2-13)32-19-10-15-9-16(15)11-19/h1-6,8,15-16,19,21-25,28-30H,7,9-12H2/t15-,16+,19?,21-,22-,23+,24-,25+/m1/s1. The normalized spacial score (nSPS) is 35.2. The van der Waals surface area contributed by atoms with Crippen LogP contribution in [-0.4, -0.2) is 52.4 Å². The van der Waals surface area contributed by atoms with Crippen LogP contribution in [0, 0.1) is 16.7 Å². The number of aliphatic hydroxyl groups is 3. The zero-order valence-corrected chi connectivity index (χ0v) is 18.8. The molecule has 3 N–H and O–H groups in total. The van der Waals surface area contributed by atoms with Gasteiger partial charge in [-0.05, 0) is 72.4 Å². The summed E-state index contributed by atoms with van der Waals surface area (Å²) in [6.45, 7) is -0.321. The molecule has 2 aromatic carbocycles. The second kappa shape index (κ2) is 9.31. The molecule has 8 atom stereocenters. The lowest BCUT2D eigenvalue weighted by atomic mass is 9.90. The Morgan fingerprint density at radius 1 is 0.970 bits per heavy atom. The highest BCUT2D eigenvalue weighted by Gasteiger charge is 2.47. The molecular formula is C25H28ClNO6. The van der Waals surface area contributed by atoms with Crippen molar-refractivity contribution in [2.24, 2.45) is 17.0 Å². The number of nitrogens with zero attached hydrogens (tertiary/aromatic N) is 1. The Balaban J connectivity index is 1.28. The van der Waals surface area contributed by atoms with Crippen LogP contribution in [0.3, 0.4) is 0 Å². The fraction of sp³-hybridized carbons (Fsp3) is 0.520. The molecule has 0 aromatic heterocycles. The van der Waals surface area contributed by atoms with E-state index < -0.39 is 30.5 Å². The van der Waals surface area contributed by atoms with Crippen LogP contribution in [0.2, 0.25) is 5.02 Å². The van der Waals surface area contributed by atoms with E-state index in [-0.39, 0.29) is 6.54 Å². The summed E-state index contributed by atoms with van der Waals surface area (Å²) in [6.07, 6.45) is -1.51. The maximum atomic E-state index is 10.7. The Bertz CT molecular complexity index is 991. The first-order valence-electron chi connectivity index (χ1n) is 11.5. The topological polar surface area (TPSA) is 109 Å². The van der Waals surface area contributed by atoms with E-state index in [9.17, 15) is 20.2 Å². The molecule has 0 bridgehead atoms. The van der Waals surface area contributed by atoms with Crippen molar-refractivity contribution in [2.45, 2.75) is 62.3 Å². The second-order valence-electron chi connectivity index (χ2n) is 9.52. The minimum absolute atomic E-state index is 0.321. The molecule has 1 saturated heterocycles. The summed E-state index contributed by atoms with van der Waals surface area (Å²) >= 11 is 6.44. The molecule has 3 aliphatic rings. The van der Waals surface area contributed by atoms with Gasteiger partial charge in [-0.25, -0.2) is 0 Å². The van der Waals surface area contributed by atoms with Crippen LogP contribution in [0.1, 0.15) is 42.1 Å². The molecule has 176 valence electrons. The number of rotatable bonds is 7. The first-order valence-corrected chi connectivity index (χ1v) is 11.8. The van der Waals surface area contributed by atoms with Gasteiger partial charge < -0.3 is 24.8 Å². The van der Waals surface area contributed by atoms with Gasteiger partial charge in [0.25, 0.3) is 0 Å². The van der Waals surface area contributed by atoms with Gasteiger partial charge in [-0.15, -0.1) is 0 Å². The Morgan fingerprint density at radius 2 is 1.70 bits per heavy atom. The molecule has 2 saturated carbocycles. The zero-order chi connectivity index (χ0) is 23.1. The van der Waals surface area contributed by atoms with Gasteiger partial charge in [-0.3, -0.25) is 0 Å². The highest BCUT2D eigenvalue weighted by Crippen LogP contribution is 2.52. The molecule has 33 heavy (non-hydrogen) atoms. The number of aliphatic hydroxyl groups excluding tert-OH is 3. The highest BCUT2D eigenvalue weighted by atomic mass is 35.5. The molecule has 1 heterocycles. The molecule has 2 aliphatic carbocycles. The van der Waals surface area contributed by atoms with E-state index in [1.54, 1.807) is 12.1 Å². The van der Waals surface area contributed by atoms with Crippen LogP contribution in [0.15, 0.2) is 47.6 Å². The largest absolute Gasteiger partial charge is 0.490 e. The monoisotopic (exact) mass is 473 g/mol. The summed E-state index contributed by atoms with van der Waals surface area (Å²) in [5.41, 5.74) is 2.49. The van der Waals surface area contributed by atoms with Gasteiger partial charge in [0.05, 0.1) is 6.10 Å². The van der Waals surface area contributed by atoms with Crippen molar-refractivity contribution < 1.29 is 24.8 Å². The molecule has 5 rings (SSSR count). The number of hydrogen-bond acceptors (Lipinski definition) is 7. The van der Waals surface area contributed by atoms with E-state index in [1.807, 2.05) is 30.3 Å². The SMILES string of the molecule is O=NC[C@H]1O[C@@H](c2ccc(Cl)c(Cc3ccc(OC4C[C@@H]5C[C@@H]5C4)cc3)c2)[C@H](O)[C@@H](O)[C@@H]1O. The van der Waals surface area contributed by atoms with Gasteiger partial charge in [-0.2, -0.15) is 4.91 Å². The van der Waals surface area contributed by atoms with Crippen LogP contribution >= 0.6 is 11.6 Å². The van der Waals surface area contributed by atoms with Crippen molar-refractivity contribution in [3.63, 3.8) is 0 Å². The smallest absolute Gasteiger partial charge is 0.119 e. The van der Waals surface area contributed by atoms with Crippen LogP contribution in [0.25, 0.3) is 0 Å². The molecule has 2 aromatic rings. The van der Waals surface area contributed by atoms with E-state index in [0.717, 1.165) is 28.7 Å². The van der Waals surface area contributed by atoms with Crippen molar-refractivity contribution in [1.29, 1.82) is 0 Å². The molecular weight excluding hydrogens is 446 g/mol. The van der Waals surface area contributed by atoms with Crippen LogP contribution < -0.4 is 4.74 Å². The van der Waals surface area contributed by atoms with Gasteiger partial charge in [0, 0.05) is 5.02 Å². The zero-order valence-electron chi connectivity index (χ0n) is 18.1. The highest BCUT2D eigenvalue weighted by molar-refractivity contribution is 6.31. The van der Waals surface area contributed by atoms with E-state index in [2.05, 4.69) is 5.18 Å². The lowest BCUT2D eigenvalue weighted by Crippen LogP contribution is -2.55. The van der Waals surface area contributed by atoms with Gasteiger partial charge in [-0.1, -0.05) is 41.0 Å². The predicted octanol–water partition coefficient (Wildman–Crippen LogP) is 3.40. The minimum Gasteiger partial charge on any atom is -0.490 e. The Labute approximate surface area is 197 Å². The van der Waals surface area contributed by atoms with Crippen LogP contribution in [0.5, 0.6) is 5.75 Å². The number of fused-ring (bicyclic) bond motifs is 1. The van der Waals surface area contributed by atoms with Gasteiger partial charge in [0.2, 0.25) is 0 Å². The lowest BCUT2D eigenvalue weighted by molar-refractivity contribution is -0.221. The van der Waals surface area contributed by atoms with Gasteiger partial charge in [0.1, 0.15) is 42.8 Å². The molecule has 0 radical (unpaired) electrons. The van der Waals surface area contributed by atoms with Crippen LogP contribution in [0.4, 0.5) is 0 Å². The average molecular weight is 474 g/mol. The molecule has 0 spiro atoms. The van der Waals surface area contributed by atoms with Crippen molar-refractivity contribution in [3.8, 4) is 5.75 Å². The van der Waals surface area contributed by atoms with Crippen LogP contribution in [-0.2, 0) is 11.2 Å². The van der Waals surface area contributed by atoms with Crippen molar-refractivity contribution in [2.75, 3.05) is 6.54 Å². The van der Waals surface area contributed by atoms with E-state index in [4.69, 9.17) is 21.1 Å². The van der Waals surface area contributed by atoms with Gasteiger partial charge >= 0.3 is 0 Å². The number of nitroso groups, excluding NO2 is 1. The Kier molecular flexibility index (Phi) is 6.42. The number of hydrogen-bond donors (Lipinski definition) is 3. The summed E-state index contributed by atoms with van der Waals surface area (Å²) in [5, 5.41) is 34.1. The third-order valence-corrected chi connectivity index (χ3v) is 7.55. The molecule has 1 unspecified atom stereocenters. The van der Waals surface area contributed by atoms with Crippen molar-refractivity contribution >= 4 is 11.6 Å². The lowest BCUT2D eigenvalue weighted by Gasteiger charge is -2.40. The summed E-state index contributed by atoms with van der Waals surface area (Å²) in [7, 11) is 0. The van der Waals surface area contributed by atoms with E-state index >= 15 is 0 Å². The first-order chi connectivity index (χ1) is 15.9. The molecule has 0 amide bonds. The number of benzene rings is 2. The minimum atomic E-state index is -1.45. The summed E-state index contributed by atoms with van der Waals surface area (Å²) in [5.74, 6) is 2.64.